The van der Waals surface area contributed by atoms with Gasteiger partial charge in [0.2, 0.25) is 0 Å². The standard InChI is InChI=1S/C22H23N3O2/c1-16-8-7-9-20(12-16)25-17(2)13-19(18(25)3)14-23-24-22(26)15-27-21-10-5-4-6-11-21/h4-14H,15H2,1-3H3,(H,24,26)/b23-14-. The van der Waals surface area contributed by atoms with Crippen molar-refractivity contribution >= 4 is 12.1 Å². The van der Waals surface area contributed by atoms with E-state index in [0.717, 1.165) is 22.6 Å². The Morgan fingerprint density at radius 1 is 1.07 bits per heavy atom. The van der Waals surface area contributed by atoms with E-state index < -0.39 is 0 Å². The van der Waals surface area contributed by atoms with Crippen molar-refractivity contribution in [1.82, 2.24) is 9.99 Å². The van der Waals surface area contributed by atoms with Gasteiger partial charge in [-0.3, -0.25) is 4.79 Å². The number of hydrogen-bond donors (Lipinski definition) is 1. The molecule has 0 aliphatic rings. The Labute approximate surface area is 159 Å². The van der Waals surface area contributed by atoms with E-state index in [2.05, 4.69) is 47.1 Å². The van der Waals surface area contributed by atoms with E-state index in [4.69, 9.17) is 4.74 Å². The molecule has 0 saturated carbocycles. The molecule has 0 aliphatic heterocycles. The lowest BCUT2D eigenvalue weighted by Gasteiger charge is -2.10. The van der Waals surface area contributed by atoms with Crippen molar-refractivity contribution in [3.63, 3.8) is 0 Å². The molecule has 1 heterocycles. The molecule has 0 spiro atoms. The number of rotatable bonds is 6. The van der Waals surface area contributed by atoms with Gasteiger partial charge >= 0.3 is 0 Å². The van der Waals surface area contributed by atoms with E-state index >= 15 is 0 Å². The number of para-hydroxylation sites is 1. The van der Waals surface area contributed by atoms with Crippen LogP contribution in [0.4, 0.5) is 0 Å². The van der Waals surface area contributed by atoms with Crippen LogP contribution in [0.5, 0.6) is 5.75 Å². The second kappa shape index (κ2) is 8.36. The number of aryl methyl sites for hydroxylation is 2. The Balaban J connectivity index is 1.64. The lowest BCUT2D eigenvalue weighted by atomic mass is 10.2. The second-order valence-corrected chi connectivity index (χ2v) is 6.40. The molecule has 0 radical (unpaired) electrons. The SMILES string of the molecule is Cc1cccc(-n2c(C)cc(/C=N\NC(=O)COc3ccccc3)c2C)c1. The molecule has 27 heavy (non-hydrogen) atoms. The van der Waals surface area contributed by atoms with Gasteiger partial charge in [0, 0.05) is 22.6 Å². The maximum atomic E-state index is 11.9. The smallest absolute Gasteiger partial charge is 0.277 e. The van der Waals surface area contributed by atoms with Gasteiger partial charge in [-0.1, -0.05) is 30.3 Å². The van der Waals surface area contributed by atoms with E-state index in [0.29, 0.717) is 5.75 Å². The summed E-state index contributed by atoms with van der Waals surface area (Å²) in [5.74, 6) is 0.348. The van der Waals surface area contributed by atoms with Crippen molar-refractivity contribution in [3.8, 4) is 11.4 Å². The third kappa shape index (κ3) is 4.64. The van der Waals surface area contributed by atoms with E-state index in [9.17, 15) is 4.79 Å². The highest BCUT2D eigenvalue weighted by Crippen LogP contribution is 2.20. The zero-order chi connectivity index (χ0) is 19.2. The molecule has 0 bridgehead atoms. The Hall–Kier alpha value is -3.34. The van der Waals surface area contributed by atoms with Crippen molar-refractivity contribution in [2.45, 2.75) is 20.8 Å². The van der Waals surface area contributed by atoms with Crippen molar-refractivity contribution in [2.24, 2.45) is 5.10 Å². The minimum absolute atomic E-state index is 0.0797. The number of nitrogens with one attached hydrogen (secondary N) is 1. The van der Waals surface area contributed by atoms with Gasteiger partial charge in [0.05, 0.1) is 6.21 Å². The van der Waals surface area contributed by atoms with Crippen LogP contribution < -0.4 is 10.2 Å². The fraction of sp³-hybridized carbons (Fsp3) is 0.182. The van der Waals surface area contributed by atoms with Crippen LogP contribution in [0.1, 0.15) is 22.5 Å². The number of hydrogen-bond acceptors (Lipinski definition) is 3. The van der Waals surface area contributed by atoms with Crippen LogP contribution in [-0.2, 0) is 4.79 Å². The van der Waals surface area contributed by atoms with Gasteiger partial charge in [-0.25, -0.2) is 5.43 Å². The first-order valence-electron chi connectivity index (χ1n) is 8.80. The fourth-order valence-electron chi connectivity index (χ4n) is 2.95. The first kappa shape index (κ1) is 18.5. The van der Waals surface area contributed by atoms with Crippen LogP contribution in [0, 0.1) is 20.8 Å². The van der Waals surface area contributed by atoms with Gasteiger partial charge in [0.25, 0.3) is 5.91 Å². The lowest BCUT2D eigenvalue weighted by Crippen LogP contribution is -2.24. The average molecular weight is 361 g/mol. The van der Waals surface area contributed by atoms with Gasteiger partial charge in [0.15, 0.2) is 6.61 Å². The molecule has 1 aromatic heterocycles. The normalized spacial score (nSPS) is 10.9. The average Bonchev–Trinajstić information content (AvgIpc) is 2.94. The van der Waals surface area contributed by atoms with Crippen molar-refractivity contribution < 1.29 is 9.53 Å². The number of ether oxygens (including phenoxy) is 1. The monoisotopic (exact) mass is 361 g/mol. The Morgan fingerprint density at radius 2 is 1.85 bits per heavy atom. The van der Waals surface area contributed by atoms with E-state index in [1.807, 2.05) is 37.3 Å². The van der Waals surface area contributed by atoms with Crippen molar-refractivity contribution in [2.75, 3.05) is 6.61 Å². The van der Waals surface area contributed by atoms with E-state index in [1.165, 1.54) is 5.56 Å². The number of aromatic nitrogens is 1. The quantitative estimate of drug-likeness (QED) is 0.534. The van der Waals surface area contributed by atoms with Gasteiger partial charge in [-0.15, -0.1) is 0 Å². The Morgan fingerprint density at radius 3 is 2.59 bits per heavy atom. The maximum Gasteiger partial charge on any atom is 0.277 e. The summed E-state index contributed by atoms with van der Waals surface area (Å²) in [6.45, 7) is 6.09. The lowest BCUT2D eigenvalue weighted by molar-refractivity contribution is -0.123. The summed E-state index contributed by atoms with van der Waals surface area (Å²) < 4.78 is 7.57. The first-order valence-corrected chi connectivity index (χ1v) is 8.80. The number of benzene rings is 2. The number of amides is 1. The zero-order valence-corrected chi connectivity index (χ0v) is 15.8. The van der Waals surface area contributed by atoms with Crippen LogP contribution in [0.25, 0.3) is 5.69 Å². The molecule has 1 amide bonds. The van der Waals surface area contributed by atoms with Gasteiger partial charge in [-0.05, 0) is 56.7 Å². The minimum atomic E-state index is -0.303. The largest absolute Gasteiger partial charge is 0.484 e. The van der Waals surface area contributed by atoms with Crippen molar-refractivity contribution in [1.29, 1.82) is 0 Å². The van der Waals surface area contributed by atoms with Gasteiger partial charge < -0.3 is 9.30 Å². The summed E-state index contributed by atoms with van der Waals surface area (Å²) in [4.78, 5) is 11.9. The van der Waals surface area contributed by atoms with Crippen LogP contribution in [0.3, 0.4) is 0 Å². The predicted molar refractivity (Wildman–Crippen MR) is 108 cm³/mol. The van der Waals surface area contributed by atoms with Crippen LogP contribution in [0.2, 0.25) is 0 Å². The molecule has 138 valence electrons. The topological polar surface area (TPSA) is 55.6 Å². The first-order chi connectivity index (χ1) is 13.0. The maximum absolute atomic E-state index is 11.9. The highest BCUT2D eigenvalue weighted by atomic mass is 16.5. The Bertz CT molecular complexity index is 959. The van der Waals surface area contributed by atoms with Crippen molar-refractivity contribution in [3.05, 3.63) is 83.2 Å². The summed E-state index contributed by atoms with van der Waals surface area (Å²) >= 11 is 0. The van der Waals surface area contributed by atoms with Crippen LogP contribution >= 0.6 is 0 Å². The van der Waals surface area contributed by atoms with Crippen LogP contribution in [-0.4, -0.2) is 23.3 Å². The molecule has 1 N–H and O–H groups in total. The molecule has 2 aromatic carbocycles. The fourth-order valence-corrected chi connectivity index (χ4v) is 2.95. The summed E-state index contributed by atoms with van der Waals surface area (Å²) in [7, 11) is 0. The summed E-state index contributed by atoms with van der Waals surface area (Å²) in [5.41, 5.74) is 7.96. The van der Waals surface area contributed by atoms with Gasteiger partial charge in [0.1, 0.15) is 5.75 Å². The van der Waals surface area contributed by atoms with Gasteiger partial charge in [-0.2, -0.15) is 5.10 Å². The zero-order valence-electron chi connectivity index (χ0n) is 15.8. The molecule has 0 atom stereocenters. The molecular weight excluding hydrogens is 338 g/mol. The molecule has 3 aromatic rings. The summed E-state index contributed by atoms with van der Waals surface area (Å²) in [6.07, 6.45) is 1.66. The minimum Gasteiger partial charge on any atom is -0.484 e. The number of carbonyl (C=O) groups is 1. The summed E-state index contributed by atoms with van der Waals surface area (Å²) in [6, 6.07) is 19.6. The molecule has 5 nitrogen and oxygen atoms in total. The number of nitrogens with zero attached hydrogens (tertiary/aromatic N) is 2. The molecular formula is C22H23N3O2. The van der Waals surface area contributed by atoms with E-state index in [-0.39, 0.29) is 12.5 Å². The number of carbonyl (C=O) groups excluding carboxylic acids is 1. The third-order valence-corrected chi connectivity index (χ3v) is 4.24. The number of hydrazone groups is 1. The molecule has 5 heteroatoms. The molecule has 0 saturated heterocycles. The highest BCUT2D eigenvalue weighted by molar-refractivity contribution is 5.84. The molecule has 0 aliphatic carbocycles. The third-order valence-electron chi connectivity index (χ3n) is 4.24. The highest BCUT2D eigenvalue weighted by Gasteiger charge is 2.09. The molecule has 3 rings (SSSR count). The molecule has 0 unspecified atom stereocenters. The second-order valence-electron chi connectivity index (χ2n) is 6.40. The summed E-state index contributed by atoms with van der Waals surface area (Å²) in [5, 5.41) is 4.06. The molecule has 0 fully saturated rings. The van der Waals surface area contributed by atoms with Crippen LogP contribution in [0.15, 0.2) is 65.8 Å². The Kier molecular flexibility index (Phi) is 5.71. The predicted octanol–water partition coefficient (Wildman–Crippen LogP) is 3.93. The van der Waals surface area contributed by atoms with E-state index in [1.54, 1.807) is 18.3 Å².